The molecule has 0 bridgehead atoms. The maximum absolute atomic E-state index is 12.1. The lowest BCUT2D eigenvalue weighted by atomic mass is 9.71. The molecule has 1 aliphatic rings. The topological polar surface area (TPSA) is 52.3 Å². The first kappa shape index (κ1) is 14.5. The van der Waals surface area contributed by atoms with Gasteiger partial charge in [0.2, 0.25) is 0 Å². The molecule has 17 heavy (non-hydrogen) atoms. The smallest absolute Gasteiger partial charge is 0.312 e. The van der Waals surface area contributed by atoms with Gasteiger partial charge in [-0.15, -0.1) is 0 Å². The van der Waals surface area contributed by atoms with Gasteiger partial charge in [-0.25, -0.2) is 0 Å². The second kappa shape index (κ2) is 7.00. The third-order valence-electron chi connectivity index (χ3n) is 3.83. The van der Waals surface area contributed by atoms with Crippen LogP contribution in [0.2, 0.25) is 0 Å². The summed E-state index contributed by atoms with van der Waals surface area (Å²) in [6.07, 6.45) is 8.59. The number of carbonyl (C=O) groups is 1. The molecule has 0 amide bonds. The normalized spacial score (nSPS) is 20.9. The summed E-state index contributed by atoms with van der Waals surface area (Å²) in [5.41, 5.74) is 5.58. The number of hydrogen-bond donors (Lipinski definition) is 1. The minimum absolute atomic E-state index is 0.0318. The Kier molecular flexibility index (Phi) is 5.96. The molecule has 0 saturated heterocycles. The zero-order valence-corrected chi connectivity index (χ0v) is 11.3. The number of rotatable bonds is 6. The predicted molar refractivity (Wildman–Crippen MR) is 69.7 cm³/mol. The van der Waals surface area contributed by atoms with Gasteiger partial charge in [0.1, 0.15) is 0 Å². The summed E-state index contributed by atoms with van der Waals surface area (Å²) >= 11 is 0. The molecule has 0 spiro atoms. The minimum atomic E-state index is -0.191. The van der Waals surface area contributed by atoms with E-state index in [-0.39, 0.29) is 17.4 Å². The summed E-state index contributed by atoms with van der Waals surface area (Å²) in [4.78, 5) is 12.1. The second-order valence-corrected chi connectivity index (χ2v) is 5.43. The molecule has 1 rings (SSSR count). The first-order valence-electron chi connectivity index (χ1n) is 7.03. The quantitative estimate of drug-likeness (QED) is 0.727. The SMILES string of the molecule is CCOC(=O)C1(CCCC(C)N)CCCCC1. The van der Waals surface area contributed by atoms with Crippen LogP contribution in [0.4, 0.5) is 0 Å². The van der Waals surface area contributed by atoms with Crippen molar-refractivity contribution in [1.82, 2.24) is 0 Å². The van der Waals surface area contributed by atoms with Gasteiger partial charge < -0.3 is 10.5 Å². The number of esters is 1. The fourth-order valence-corrected chi connectivity index (χ4v) is 2.83. The molecule has 0 aromatic rings. The average Bonchev–Trinajstić information content (AvgIpc) is 2.30. The molecule has 1 unspecified atom stereocenters. The van der Waals surface area contributed by atoms with Crippen molar-refractivity contribution >= 4 is 5.97 Å². The third-order valence-corrected chi connectivity index (χ3v) is 3.83. The highest BCUT2D eigenvalue weighted by atomic mass is 16.5. The zero-order valence-electron chi connectivity index (χ0n) is 11.3. The van der Waals surface area contributed by atoms with Crippen LogP contribution in [0.15, 0.2) is 0 Å². The summed E-state index contributed by atoms with van der Waals surface area (Å²) in [5.74, 6) is 0.0318. The molecule has 1 saturated carbocycles. The van der Waals surface area contributed by atoms with Crippen molar-refractivity contribution in [3.8, 4) is 0 Å². The Morgan fingerprint density at radius 3 is 2.53 bits per heavy atom. The summed E-state index contributed by atoms with van der Waals surface area (Å²) in [5, 5.41) is 0. The van der Waals surface area contributed by atoms with Crippen LogP contribution in [0.5, 0.6) is 0 Å². The van der Waals surface area contributed by atoms with Crippen molar-refractivity contribution in [3.63, 3.8) is 0 Å². The van der Waals surface area contributed by atoms with Gasteiger partial charge in [0.05, 0.1) is 12.0 Å². The molecule has 0 aliphatic heterocycles. The van der Waals surface area contributed by atoms with Gasteiger partial charge in [0, 0.05) is 6.04 Å². The standard InChI is InChI=1S/C14H27NO2/c1-3-17-13(16)14(9-5-4-6-10-14)11-7-8-12(2)15/h12H,3-11,15H2,1-2H3. The van der Waals surface area contributed by atoms with Crippen LogP contribution >= 0.6 is 0 Å². The number of ether oxygens (including phenoxy) is 1. The molecule has 0 aromatic carbocycles. The highest BCUT2D eigenvalue weighted by Gasteiger charge is 2.40. The van der Waals surface area contributed by atoms with Crippen LogP contribution in [0.25, 0.3) is 0 Å². The van der Waals surface area contributed by atoms with Gasteiger partial charge in [-0.2, -0.15) is 0 Å². The molecule has 0 heterocycles. The van der Waals surface area contributed by atoms with E-state index in [0.29, 0.717) is 6.61 Å². The van der Waals surface area contributed by atoms with Crippen LogP contribution in [0.1, 0.15) is 65.2 Å². The van der Waals surface area contributed by atoms with E-state index in [2.05, 4.69) is 0 Å². The van der Waals surface area contributed by atoms with Crippen molar-refractivity contribution in [2.45, 2.75) is 71.3 Å². The summed E-state index contributed by atoms with van der Waals surface area (Å²) in [7, 11) is 0. The fourth-order valence-electron chi connectivity index (χ4n) is 2.83. The van der Waals surface area contributed by atoms with E-state index in [1.165, 1.54) is 6.42 Å². The van der Waals surface area contributed by atoms with Crippen molar-refractivity contribution in [3.05, 3.63) is 0 Å². The molecule has 0 radical (unpaired) electrons. The third kappa shape index (κ3) is 4.30. The van der Waals surface area contributed by atoms with E-state index in [0.717, 1.165) is 44.9 Å². The van der Waals surface area contributed by atoms with Crippen LogP contribution in [0, 0.1) is 5.41 Å². The van der Waals surface area contributed by atoms with E-state index in [1.807, 2.05) is 13.8 Å². The Balaban J connectivity index is 2.55. The number of carbonyl (C=O) groups excluding carboxylic acids is 1. The molecule has 1 aliphatic carbocycles. The first-order chi connectivity index (χ1) is 8.10. The monoisotopic (exact) mass is 241 g/mol. The summed E-state index contributed by atoms with van der Waals surface area (Å²) < 4.78 is 5.27. The van der Waals surface area contributed by atoms with Crippen molar-refractivity contribution in [2.75, 3.05) is 6.61 Å². The van der Waals surface area contributed by atoms with Crippen molar-refractivity contribution in [2.24, 2.45) is 11.1 Å². The van der Waals surface area contributed by atoms with E-state index in [4.69, 9.17) is 10.5 Å². The lowest BCUT2D eigenvalue weighted by Gasteiger charge is -2.35. The van der Waals surface area contributed by atoms with Crippen LogP contribution < -0.4 is 5.73 Å². The molecule has 1 atom stereocenters. The van der Waals surface area contributed by atoms with Gasteiger partial charge in [0.15, 0.2) is 0 Å². The Hall–Kier alpha value is -0.570. The molecule has 1 fully saturated rings. The van der Waals surface area contributed by atoms with Gasteiger partial charge in [-0.1, -0.05) is 25.7 Å². The van der Waals surface area contributed by atoms with Crippen LogP contribution in [0.3, 0.4) is 0 Å². The maximum Gasteiger partial charge on any atom is 0.312 e. The Morgan fingerprint density at radius 2 is 2.00 bits per heavy atom. The van der Waals surface area contributed by atoms with Gasteiger partial charge >= 0.3 is 5.97 Å². The Morgan fingerprint density at radius 1 is 1.35 bits per heavy atom. The summed E-state index contributed by atoms with van der Waals surface area (Å²) in [6, 6.07) is 0.234. The van der Waals surface area contributed by atoms with Crippen molar-refractivity contribution in [1.29, 1.82) is 0 Å². The second-order valence-electron chi connectivity index (χ2n) is 5.43. The Labute approximate surface area is 105 Å². The maximum atomic E-state index is 12.1. The van der Waals surface area contributed by atoms with E-state index in [1.54, 1.807) is 0 Å². The average molecular weight is 241 g/mol. The van der Waals surface area contributed by atoms with Gasteiger partial charge in [-0.3, -0.25) is 4.79 Å². The lowest BCUT2D eigenvalue weighted by Crippen LogP contribution is -2.35. The van der Waals surface area contributed by atoms with Crippen LogP contribution in [-0.2, 0) is 9.53 Å². The molecule has 100 valence electrons. The number of hydrogen-bond acceptors (Lipinski definition) is 3. The first-order valence-corrected chi connectivity index (χ1v) is 7.03. The minimum Gasteiger partial charge on any atom is -0.466 e. The molecule has 0 aromatic heterocycles. The molecule has 2 N–H and O–H groups in total. The van der Waals surface area contributed by atoms with Crippen molar-refractivity contribution < 1.29 is 9.53 Å². The predicted octanol–water partition coefficient (Wildman–Crippen LogP) is 3.02. The Bertz CT molecular complexity index is 232. The zero-order chi connectivity index (χ0) is 12.7. The van der Waals surface area contributed by atoms with E-state index in [9.17, 15) is 4.79 Å². The molecular formula is C14H27NO2. The highest BCUT2D eigenvalue weighted by molar-refractivity contribution is 5.76. The molecule has 3 heteroatoms. The summed E-state index contributed by atoms with van der Waals surface area (Å²) in [6.45, 7) is 4.40. The fraction of sp³-hybridized carbons (Fsp3) is 0.929. The lowest BCUT2D eigenvalue weighted by molar-refractivity contribution is -0.158. The van der Waals surface area contributed by atoms with Crippen LogP contribution in [-0.4, -0.2) is 18.6 Å². The largest absolute Gasteiger partial charge is 0.466 e. The number of nitrogens with two attached hydrogens (primary N) is 1. The highest BCUT2D eigenvalue weighted by Crippen LogP contribution is 2.41. The van der Waals surface area contributed by atoms with Gasteiger partial charge in [-0.05, 0) is 39.5 Å². The van der Waals surface area contributed by atoms with E-state index >= 15 is 0 Å². The van der Waals surface area contributed by atoms with Gasteiger partial charge in [0.25, 0.3) is 0 Å². The molecule has 3 nitrogen and oxygen atoms in total. The molecular weight excluding hydrogens is 214 g/mol. The van der Waals surface area contributed by atoms with E-state index < -0.39 is 0 Å².